The normalized spacial score (nSPS) is 22.6. The molecule has 1 aromatic heterocycles. The molecule has 1 aromatic rings. The van der Waals surface area contributed by atoms with Gasteiger partial charge in [0.05, 0.1) is 17.4 Å². The first-order valence-electron chi connectivity index (χ1n) is 7.46. The van der Waals surface area contributed by atoms with Crippen molar-refractivity contribution in [3.8, 4) is 5.75 Å². The van der Waals surface area contributed by atoms with Crippen molar-refractivity contribution >= 4 is 17.2 Å². The Labute approximate surface area is 126 Å². The Bertz CT molecular complexity index is 501. The number of nitrogens with two attached hydrogens (primary N) is 1. The molecular weight excluding hydrogens is 268 g/mol. The summed E-state index contributed by atoms with van der Waals surface area (Å²) in [4.78, 5) is 4.80. The van der Waals surface area contributed by atoms with E-state index in [0.717, 1.165) is 41.5 Å². The quantitative estimate of drug-likeness (QED) is 0.860. The van der Waals surface area contributed by atoms with Crippen LogP contribution in [-0.4, -0.2) is 16.1 Å². The van der Waals surface area contributed by atoms with Gasteiger partial charge in [-0.2, -0.15) is 0 Å². The van der Waals surface area contributed by atoms with Crippen molar-refractivity contribution < 1.29 is 4.74 Å². The number of aromatic nitrogens is 1. The summed E-state index contributed by atoms with van der Waals surface area (Å²) in [5.74, 6) is 1.59. The van der Waals surface area contributed by atoms with E-state index < -0.39 is 0 Å². The molecule has 0 aliphatic heterocycles. The van der Waals surface area contributed by atoms with E-state index in [-0.39, 0.29) is 6.10 Å². The van der Waals surface area contributed by atoms with Gasteiger partial charge in [0.25, 0.3) is 0 Å². The molecule has 2 atom stereocenters. The number of thiocarbonyl (C=S) groups is 1. The van der Waals surface area contributed by atoms with Crippen molar-refractivity contribution in [3.05, 3.63) is 23.0 Å². The van der Waals surface area contributed by atoms with Crippen molar-refractivity contribution in [2.75, 3.05) is 0 Å². The third-order valence-electron chi connectivity index (χ3n) is 4.14. The van der Waals surface area contributed by atoms with E-state index in [0.29, 0.717) is 4.99 Å². The summed E-state index contributed by atoms with van der Waals surface area (Å²) in [6.45, 7) is 6.16. The summed E-state index contributed by atoms with van der Waals surface area (Å²) in [6.07, 6.45) is 6.34. The van der Waals surface area contributed by atoms with Gasteiger partial charge in [-0.3, -0.25) is 4.98 Å². The fourth-order valence-corrected chi connectivity index (χ4v) is 3.33. The Balaban J connectivity index is 2.22. The highest BCUT2D eigenvalue weighted by atomic mass is 32.1. The van der Waals surface area contributed by atoms with Crippen molar-refractivity contribution in [3.63, 3.8) is 0 Å². The van der Waals surface area contributed by atoms with Gasteiger partial charge in [-0.15, -0.1) is 0 Å². The minimum Gasteiger partial charge on any atom is -0.490 e. The van der Waals surface area contributed by atoms with Gasteiger partial charge >= 0.3 is 0 Å². The third-order valence-corrected chi connectivity index (χ3v) is 4.35. The number of rotatable bonds is 4. The molecule has 1 heterocycles. The molecule has 3 nitrogen and oxygen atoms in total. The molecule has 0 radical (unpaired) electrons. The Morgan fingerprint density at radius 1 is 1.45 bits per heavy atom. The Kier molecular flexibility index (Phi) is 4.97. The molecule has 2 rings (SSSR count). The molecule has 0 saturated heterocycles. The summed E-state index contributed by atoms with van der Waals surface area (Å²) in [5, 5.41) is 0. The Morgan fingerprint density at radius 3 is 2.85 bits per heavy atom. The van der Waals surface area contributed by atoms with Gasteiger partial charge in [-0.05, 0) is 39.0 Å². The van der Waals surface area contributed by atoms with Crippen LogP contribution in [-0.2, 0) is 0 Å². The molecule has 2 unspecified atom stereocenters. The van der Waals surface area contributed by atoms with Crippen molar-refractivity contribution in [2.45, 2.75) is 59.0 Å². The van der Waals surface area contributed by atoms with Crippen LogP contribution in [0.2, 0.25) is 0 Å². The van der Waals surface area contributed by atoms with E-state index in [4.69, 9.17) is 22.7 Å². The minimum atomic E-state index is 0.281. The number of hydrogen-bond donors (Lipinski definition) is 1. The van der Waals surface area contributed by atoms with Crippen LogP contribution < -0.4 is 10.5 Å². The fraction of sp³-hybridized carbons (Fsp3) is 0.625. The first kappa shape index (κ1) is 15.2. The molecule has 1 aliphatic carbocycles. The molecular formula is C16H24N2OS. The summed E-state index contributed by atoms with van der Waals surface area (Å²) < 4.78 is 6.23. The minimum absolute atomic E-state index is 0.281. The van der Waals surface area contributed by atoms with Crippen LogP contribution in [0.5, 0.6) is 5.75 Å². The number of hydrogen-bond acceptors (Lipinski definition) is 3. The second-order valence-electron chi connectivity index (χ2n) is 5.77. The highest BCUT2D eigenvalue weighted by Crippen LogP contribution is 2.31. The Morgan fingerprint density at radius 2 is 2.20 bits per heavy atom. The monoisotopic (exact) mass is 292 g/mol. The lowest BCUT2D eigenvalue weighted by Crippen LogP contribution is -2.26. The van der Waals surface area contributed by atoms with Gasteiger partial charge in [-0.1, -0.05) is 32.0 Å². The molecule has 1 fully saturated rings. The third kappa shape index (κ3) is 3.48. The molecule has 2 N–H and O–H groups in total. The average molecular weight is 292 g/mol. The second-order valence-corrected chi connectivity index (χ2v) is 6.21. The zero-order valence-electron chi connectivity index (χ0n) is 12.6. The molecule has 110 valence electrons. The lowest BCUT2D eigenvalue weighted by molar-refractivity contribution is 0.121. The van der Waals surface area contributed by atoms with Crippen LogP contribution in [0.4, 0.5) is 0 Å². The van der Waals surface area contributed by atoms with Gasteiger partial charge in [0.2, 0.25) is 0 Å². The summed E-state index contributed by atoms with van der Waals surface area (Å²) in [7, 11) is 0. The largest absolute Gasteiger partial charge is 0.490 e. The summed E-state index contributed by atoms with van der Waals surface area (Å²) in [6, 6.07) is 1.96. The molecule has 4 heteroatoms. The average Bonchev–Trinajstić information content (AvgIpc) is 2.37. The van der Waals surface area contributed by atoms with Crippen LogP contribution in [0.25, 0.3) is 0 Å². The van der Waals surface area contributed by atoms with Crippen LogP contribution in [0.1, 0.15) is 56.0 Å². The smallest absolute Gasteiger partial charge is 0.133 e. The van der Waals surface area contributed by atoms with Gasteiger partial charge in [0, 0.05) is 11.8 Å². The number of aryl methyl sites for hydroxylation is 2. The maximum Gasteiger partial charge on any atom is 0.133 e. The topological polar surface area (TPSA) is 48.1 Å². The van der Waals surface area contributed by atoms with E-state index >= 15 is 0 Å². The predicted molar refractivity (Wildman–Crippen MR) is 86.3 cm³/mol. The summed E-state index contributed by atoms with van der Waals surface area (Å²) in [5.41, 5.74) is 8.43. The first-order chi connectivity index (χ1) is 9.51. The lowest BCUT2D eigenvalue weighted by Gasteiger charge is -2.29. The van der Waals surface area contributed by atoms with E-state index in [1.54, 1.807) is 0 Å². The van der Waals surface area contributed by atoms with E-state index in [1.165, 1.54) is 19.3 Å². The molecule has 0 amide bonds. The van der Waals surface area contributed by atoms with Crippen molar-refractivity contribution in [1.82, 2.24) is 4.98 Å². The van der Waals surface area contributed by atoms with E-state index in [2.05, 4.69) is 11.9 Å². The highest BCUT2D eigenvalue weighted by Gasteiger charge is 2.24. The standard InChI is InChI=1S/C16H24N2OS/c1-4-12-6-5-7-13(9-12)19-14-8-10(2)18-11(3)15(14)16(17)20/h8,12-13H,4-7,9H2,1-3H3,(H2,17,20). The van der Waals surface area contributed by atoms with Crippen LogP contribution in [0.15, 0.2) is 6.07 Å². The molecule has 1 aliphatic rings. The molecule has 20 heavy (non-hydrogen) atoms. The van der Waals surface area contributed by atoms with Crippen LogP contribution in [0, 0.1) is 19.8 Å². The maximum atomic E-state index is 6.23. The van der Waals surface area contributed by atoms with E-state index in [9.17, 15) is 0 Å². The molecule has 0 spiro atoms. The highest BCUT2D eigenvalue weighted by molar-refractivity contribution is 7.80. The Hall–Kier alpha value is -1.16. The van der Waals surface area contributed by atoms with Gasteiger partial charge in [-0.25, -0.2) is 0 Å². The predicted octanol–water partition coefficient (Wildman–Crippen LogP) is 3.68. The number of pyridine rings is 1. The fourth-order valence-electron chi connectivity index (χ4n) is 3.08. The second kappa shape index (κ2) is 6.53. The zero-order valence-corrected chi connectivity index (χ0v) is 13.4. The maximum absolute atomic E-state index is 6.23. The van der Waals surface area contributed by atoms with Crippen LogP contribution in [0.3, 0.4) is 0 Å². The molecule has 0 aromatic carbocycles. The SMILES string of the molecule is CCC1CCCC(Oc2cc(C)nc(C)c2C(N)=S)C1. The van der Waals surface area contributed by atoms with Crippen molar-refractivity contribution in [1.29, 1.82) is 0 Å². The van der Waals surface area contributed by atoms with Gasteiger partial charge < -0.3 is 10.5 Å². The van der Waals surface area contributed by atoms with Gasteiger partial charge in [0.1, 0.15) is 10.7 Å². The van der Waals surface area contributed by atoms with E-state index in [1.807, 2.05) is 19.9 Å². The number of nitrogens with zero attached hydrogens (tertiary/aromatic N) is 1. The lowest BCUT2D eigenvalue weighted by atomic mass is 9.85. The molecule has 1 saturated carbocycles. The first-order valence-corrected chi connectivity index (χ1v) is 7.86. The number of ether oxygens (including phenoxy) is 1. The summed E-state index contributed by atoms with van der Waals surface area (Å²) >= 11 is 5.15. The van der Waals surface area contributed by atoms with Crippen molar-refractivity contribution in [2.24, 2.45) is 11.7 Å². The van der Waals surface area contributed by atoms with Crippen LogP contribution >= 0.6 is 12.2 Å². The zero-order chi connectivity index (χ0) is 14.7. The van der Waals surface area contributed by atoms with Gasteiger partial charge in [0.15, 0.2) is 0 Å². The molecule has 0 bridgehead atoms.